The standard InChI is InChI=1S/C10H15IN2OS/c11-9-4-3-8(15-9)5-7-13-10(14)2-1-6-12/h3-4H,1-2,5-7,12H2,(H,13,14). The van der Waals surface area contributed by atoms with E-state index in [1.54, 1.807) is 11.3 Å². The maximum atomic E-state index is 11.2. The third kappa shape index (κ3) is 5.48. The minimum atomic E-state index is 0.103. The predicted octanol–water partition coefficient (Wildman–Crippen LogP) is 1.75. The van der Waals surface area contributed by atoms with Crippen LogP contribution < -0.4 is 11.1 Å². The van der Waals surface area contributed by atoms with Gasteiger partial charge >= 0.3 is 0 Å². The molecule has 1 amide bonds. The maximum Gasteiger partial charge on any atom is 0.220 e. The lowest BCUT2D eigenvalue weighted by Crippen LogP contribution is -2.25. The van der Waals surface area contributed by atoms with E-state index in [9.17, 15) is 4.79 Å². The molecule has 0 spiro atoms. The van der Waals surface area contributed by atoms with E-state index in [1.807, 2.05) is 0 Å². The van der Waals surface area contributed by atoms with Gasteiger partial charge in [0.05, 0.1) is 2.88 Å². The first-order valence-electron chi connectivity index (χ1n) is 4.93. The number of hydrogen-bond donors (Lipinski definition) is 2. The summed E-state index contributed by atoms with van der Waals surface area (Å²) < 4.78 is 1.29. The third-order valence-corrected chi connectivity index (χ3v) is 3.88. The number of halogens is 1. The fourth-order valence-electron chi connectivity index (χ4n) is 1.16. The lowest BCUT2D eigenvalue weighted by molar-refractivity contribution is -0.121. The topological polar surface area (TPSA) is 55.1 Å². The molecule has 0 saturated carbocycles. The summed E-state index contributed by atoms with van der Waals surface area (Å²) in [4.78, 5) is 12.6. The molecule has 0 bridgehead atoms. The lowest BCUT2D eigenvalue weighted by Gasteiger charge is -2.02. The first kappa shape index (κ1) is 12.9. The highest BCUT2D eigenvalue weighted by molar-refractivity contribution is 14.1. The average molecular weight is 338 g/mol. The van der Waals surface area contributed by atoms with Crippen molar-refractivity contribution in [3.05, 3.63) is 19.9 Å². The Hall–Kier alpha value is -0.140. The van der Waals surface area contributed by atoms with Crippen molar-refractivity contribution in [3.8, 4) is 0 Å². The Morgan fingerprint density at radius 2 is 2.33 bits per heavy atom. The van der Waals surface area contributed by atoms with E-state index in [0.717, 1.165) is 19.4 Å². The molecule has 0 fully saturated rings. The minimum Gasteiger partial charge on any atom is -0.356 e. The number of thiophene rings is 1. The molecule has 0 saturated heterocycles. The number of carbonyl (C=O) groups excluding carboxylic acids is 1. The van der Waals surface area contributed by atoms with Gasteiger partial charge in [-0.2, -0.15) is 0 Å². The molecule has 1 rings (SSSR count). The van der Waals surface area contributed by atoms with E-state index in [0.29, 0.717) is 13.0 Å². The van der Waals surface area contributed by atoms with Crippen LogP contribution in [-0.4, -0.2) is 19.0 Å². The number of nitrogens with two attached hydrogens (primary N) is 1. The van der Waals surface area contributed by atoms with Gasteiger partial charge in [-0.1, -0.05) is 0 Å². The summed E-state index contributed by atoms with van der Waals surface area (Å²) in [7, 11) is 0. The molecule has 15 heavy (non-hydrogen) atoms. The van der Waals surface area contributed by atoms with Crippen molar-refractivity contribution in [2.75, 3.05) is 13.1 Å². The van der Waals surface area contributed by atoms with Crippen LogP contribution in [-0.2, 0) is 11.2 Å². The molecule has 0 aliphatic carbocycles. The monoisotopic (exact) mass is 338 g/mol. The van der Waals surface area contributed by atoms with Crippen LogP contribution in [0.4, 0.5) is 0 Å². The summed E-state index contributed by atoms with van der Waals surface area (Å²) in [5.74, 6) is 0.103. The van der Waals surface area contributed by atoms with Crippen LogP contribution in [0.1, 0.15) is 17.7 Å². The number of rotatable bonds is 6. The SMILES string of the molecule is NCCCC(=O)NCCc1ccc(I)s1. The Balaban J connectivity index is 2.13. The molecular weight excluding hydrogens is 323 g/mol. The second-order valence-corrected chi connectivity index (χ2v) is 6.26. The van der Waals surface area contributed by atoms with Gasteiger partial charge in [0.15, 0.2) is 0 Å². The molecule has 0 aromatic carbocycles. The van der Waals surface area contributed by atoms with Crippen LogP contribution >= 0.6 is 33.9 Å². The fourth-order valence-corrected chi connectivity index (χ4v) is 2.92. The van der Waals surface area contributed by atoms with E-state index in [1.165, 1.54) is 7.76 Å². The summed E-state index contributed by atoms with van der Waals surface area (Å²) in [6.07, 6.45) is 2.23. The molecule has 0 aliphatic rings. The quantitative estimate of drug-likeness (QED) is 0.777. The van der Waals surface area contributed by atoms with Crippen molar-refractivity contribution in [2.24, 2.45) is 5.73 Å². The molecule has 1 aromatic rings. The highest BCUT2D eigenvalue weighted by atomic mass is 127. The van der Waals surface area contributed by atoms with Gasteiger partial charge in [-0.05, 0) is 54.1 Å². The molecular formula is C10H15IN2OS. The van der Waals surface area contributed by atoms with Crippen LogP contribution in [0.2, 0.25) is 0 Å². The van der Waals surface area contributed by atoms with Gasteiger partial charge < -0.3 is 11.1 Å². The highest BCUT2D eigenvalue weighted by Crippen LogP contribution is 2.18. The molecule has 3 nitrogen and oxygen atoms in total. The molecule has 0 aliphatic heterocycles. The van der Waals surface area contributed by atoms with Crippen molar-refractivity contribution in [1.82, 2.24) is 5.32 Å². The normalized spacial score (nSPS) is 10.3. The van der Waals surface area contributed by atoms with Crippen molar-refractivity contribution >= 4 is 39.8 Å². The second kappa shape index (κ2) is 7.19. The van der Waals surface area contributed by atoms with Gasteiger partial charge in [0.25, 0.3) is 0 Å². The zero-order valence-corrected chi connectivity index (χ0v) is 11.4. The van der Waals surface area contributed by atoms with Crippen LogP contribution in [0.5, 0.6) is 0 Å². The van der Waals surface area contributed by atoms with E-state index < -0.39 is 0 Å². The second-order valence-electron chi connectivity index (χ2n) is 3.20. The molecule has 1 aromatic heterocycles. The molecule has 0 atom stereocenters. The Labute approximate surface area is 108 Å². The minimum absolute atomic E-state index is 0.103. The van der Waals surface area contributed by atoms with Crippen LogP contribution in [0.15, 0.2) is 12.1 Å². The maximum absolute atomic E-state index is 11.2. The van der Waals surface area contributed by atoms with E-state index in [-0.39, 0.29) is 5.91 Å². The summed E-state index contributed by atoms with van der Waals surface area (Å²) in [5.41, 5.74) is 5.32. The zero-order chi connectivity index (χ0) is 11.1. The number of carbonyl (C=O) groups is 1. The number of amides is 1. The average Bonchev–Trinajstić information content (AvgIpc) is 2.61. The summed E-state index contributed by atoms with van der Waals surface area (Å²) >= 11 is 4.07. The zero-order valence-electron chi connectivity index (χ0n) is 8.46. The number of nitrogens with one attached hydrogen (secondary N) is 1. The predicted molar refractivity (Wildman–Crippen MR) is 72.0 cm³/mol. The first-order chi connectivity index (χ1) is 7.22. The Morgan fingerprint density at radius 1 is 1.53 bits per heavy atom. The molecule has 3 N–H and O–H groups in total. The smallest absolute Gasteiger partial charge is 0.220 e. The molecule has 5 heteroatoms. The Kier molecular flexibility index (Phi) is 6.19. The van der Waals surface area contributed by atoms with Crippen molar-refractivity contribution < 1.29 is 4.79 Å². The molecule has 0 unspecified atom stereocenters. The van der Waals surface area contributed by atoms with Gasteiger partial charge in [-0.3, -0.25) is 4.79 Å². The third-order valence-electron chi connectivity index (χ3n) is 1.93. The van der Waals surface area contributed by atoms with Crippen molar-refractivity contribution in [1.29, 1.82) is 0 Å². The van der Waals surface area contributed by atoms with Gasteiger partial charge in [-0.25, -0.2) is 0 Å². The van der Waals surface area contributed by atoms with Gasteiger partial charge in [-0.15, -0.1) is 11.3 Å². The summed E-state index contributed by atoms with van der Waals surface area (Å²) in [5, 5.41) is 2.88. The molecule has 0 radical (unpaired) electrons. The van der Waals surface area contributed by atoms with Gasteiger partial charge in [0.1, 0.15) is 0 Å². The van der Waals surface area contributed by atoms with Crippen LogP contribution in [0, 0.1) is 2.88 Å². The Morgan fingerprint density at radius 3 is 2.93 bits per heavy atom. The van der Waals surface area contributed by atoms with E-state index in [4.69, 9.17) is 5.73 Å². The van der Waals surface area contributed by atoms with E-state index in [2.05, 4.69) is 40.0 Å². The van der Waals surface area contributed by atoms with Crippen LogP contribution in [0.3, 0.4) is 0 Å². The van der Waals surface area contributed by atoms with Crippen LogP contribution in [0.25, 0.3) is 0 Å². The lowest BCUT2D eigenvalue weighted by atomic mass is 10.3. The summed E-state index contributed by atoms with van der Waals surface area (Å²) in [6, 6.07) is 4.20. The highest BCUT2D eigenvalue weighted by Gasteiger charge is 2.01. The van der Waals surface area contributed by atoms with Crippen molar-refractivity contribution in [2.45, 2.75) is 19.3 Å². The molecule has 84 valence electrons. The Bertz CT molecular complexity index is 314. The first-order valence-corrected chi connectivity index (χ1v) is 6.83. The number of hydrogen-bond acceptors (Lipinski definition) is 3. The van der Waals surface area contributed by atoms with Crippen molar-refractivity contribution in [3.63, 3.8) is 0 Å². The fraction of sp³-hybridized carbons (Fsp3) is 0.500. The van der Waals surface area contributed by atoms with Gasteiger partial charge in [0, 0.05) is 17.8 Å². The van der Waals surface area contributed by atoms with Gasteiger partial charge in [0.2, 0.25) is 5.91 Å². The summed E-state index contributed by atoms with van der Waals surface area (Å²) in [6.45, 7) is 1.30. The molecule has 1 heterocycles. The van der Waals surface area contributed by atoms with E-state index >= 15 is 0 Å². The largest absolute Gasteiger partial charge is 0.356 e.